The fraction of sp³-hybridized carbons (Fsp3) is 0.517. The Bertz CT molecular complexity index is 1040. The van der Waals surface area contributed by atoms with Crippen LogP contribution < -0.4 is 4.74 Å². The van der Waals surface area contributed by atoms with Crippen molar-refractivity contribution in [2.45, 2.75) is 70.0 Å². The molecule has 0 bridgehead atoms. The minimum atomic E-state index is -0.757. The molecule has 2 fully saturated rings. The second-order valence-electron chi connectivity index (χ2n) is 10.1. The Morgan fingerprint density at radius 2 is 1.94 bits per heavy atom. The van der Waals surface area contributed by atoms with Gasteiger partial charge >= 0.3 is 5.97 Å². The Kier molecular flexibility index (Phi) is 7.92. The third kappa shape index (κ3) is 5.44. The van der Waals surface area contributed by atoms with Crippen molar-refractivity contribution in [3.05, 3.63) is 65.2 Å². The summed E-state index contributed by atoms with van der Waals surface area (Å²) in [5.41, 5.74) is 2.62. The van der Waals surface area contributed by atoms with Crippen LogP contribution >= 0.6 is 0 Å². The Balaban J connectivity index is 1.54. The van der Waals surface area contributed by atoms with Crippen molar-refractivity contribution in [3.8, 4) is 5.75 Å². The van der Waals surface area contributed by atoms with Crippen LogP contribution in [0, 0.1) is 11.3 Å². The minimum absolute atomic E-state index is 0.0378. The summed E-state index contributed by atoms with van der Waals surface area (Å²) >= 11 is 0. The third-order valence-electron chi connectivity index (χ3n) is 7.90. The van der Waals surface area contributed by atoms with Gasteiger partial charge in [0.25, 0.3) is 0 Å². The number of carbonyl (C=O) groups is 2. The van der Waals surface area contributed by atoms with Gasteiger partial charge in [-0.2, -0.15) is 0 Å². The number of hydrogen-bond donors (Lipinski definition) is 2. The zero-order chi connectivity index (χ0) is 25.0. The summed E-state index contributed by atoms with van der Waals surface area (Å²) in [5.74, 6) is -0.605. The third-order valence-corrected chi connectivity index (χ3v) is 7.90. The summed E-state index contributed by atoms with van der Waals surface area (Å²) in [6.07, 6.45) is 4.55. The minimum Gasteiger partial charge on any atom is -0.482 e. The Morgan fingerprint density at radius 3 is 2.63 bits per heavy atom. The molecule has 0 amide bonds. The number of esters is 1. The first kappa shape index (κ1) is 25.4. The highest BCUT2D eigenvalue weighted by Crippen LogP contribution is 2.53. The maximum atomic E-state index is 12.9. The standard InChI is InChI=1S/C29H36O6/c1-3-11-29(12-6-13-29)28(33)21-9-5-8-20(16-21)27-23(24(30)17-25(27)31)15-19-7-4-10-22(14-19)35-18-26(32)34-2/h4-5,7-10,14,16,23,25,27-28,31,33H,3,6,11-13,15,17-18H2,1-2H3. The number of rotatable bonds is 10. The number of carbonyl (C=O) groups excluding carboxylic acids is 2. The summed E-state index contributed by atoms with van der Waals surface area (Å²) in [6, 6.07) is 15.2. The average Bonchev–Trinajstić information content (AvgIpc) is 3.12. The smallest absolute Gasteiger partial charge is 0.343 e. The highest BCUT2D eigenvalue weighted by molar-refractivity contribution is 5.85. The summed E-state index contributed by atoms with van der Waals surface area (Å²) in [4.78, 5) is 24.3. The molecular weight excluding hydrogens is 444 g/mol. The van der Waals surface area contributed by atoms with Crippen LogP contribution in [0.25, 0.3) is 0 Å². The van der Waals surface area contributed by atoms with E-state index in [1.807, 2.05) is 42.5 Å². The fourth-order valence-corrected chi connectivity index (χ4v) is 5.94. The number of hydrogen-bond acceptors (Lipinski definition) is 6. The summed E-state index contributed by atoms with van der Waals surface area (Å²) < 4.78 is 10.1. The summed E-state index contributed by atoms with van der Waals surface area (Å²) in [7, 11) is 1.31. The van der Waals surface area contributed by atoms with E-state index in [0.717, 1.165) is 48.8 Å². The van der Waals surface area contributed by atoms with E-state index in [1.165, 1.54) is 7.11 Å². The van der Waals surface area contributed by atoms with Crippen LogP contribution in [0.3, 0.4) is 0 Å². The molecule has 2 aliphatic rings. The van der Waals surface area contributed by atoms with Crippen LogP contribution in [0.4, 0.5) is 0 Å². The number of benzene rings is 2. The molecule has 6 nitrogen and oxygen atoms in total. The highest BCUT2D eigenvalue weighted by Gasteiger charge is 2.45. The highest BCUT2D eigenvalue weighted by atomic mass is 16.6. The van der Waals surface area contributed by atoms with Gasteiger partial charge in [-0.25, -0.2) is 4.79 Å². The van der Waals surface area contributed by atoms with Crippen molar-refractivity contribution in [2.75, 3.05) is 13.7 Å². The van der Waals surface area contributed by atoms with E-state index in [9.17, 15) is 19.8 Å². The molecule has 0 saturated heterocycles. The van der Waals surface area contributed by atoms with Gasteiger partial charge in [0.2, 0.25) is 0 Å². The van der Waals surface area contributed by atoms with Gasteiger partial charge in [-0.15, -0.1) is 0 Å². The van der Waals surface area contributed by atoms with Crippen molar-refractivity contribution < 1.29 is 29.3 Å². The first-order valence-electron chi connectivity index (χ1n) is 12.6. The largest absolute Gasteiger partial charge is 0.482 e. The predicted octanol–water partition coefficient (Wildman–Crippen LogP) is 4.52. The molecule has 4 rings (SSSR count). The van der Waals surface area contributed by atoms with E-state index in [4.69, 9.17) is 4.74 Å². The Hall–Kier alpha value is -2.70. The van der Waals surface area contributed by atoms with Crippen LogP contribution in [0.2, 0.25) is 0 Å². The number of ether oxygens (including phenoxy) is 2. The number of methoxy groups -OCH3 is 1. The van der Waals surface area contributed by atoms with E-state index < -0.39 is 18.2 Å². The molecule has 2 aromatic carbocycles. The van der Waals surface area contributed by atoms with E-state index in [1.54, 1.807) is 6.07 Å². The van der Waals surface area contributed by atoms with Crippen molar-refractivity contribution in [1.29, 1.82) is 0 Å². The lowest BCUT2D eigenvalue weighted by molar-refractivity contribution is -0.142. The van der Waals surface area contributed by atoms with Crippen LogP contribution in [0.15, 0.2) is 48.5 Å². The molecule has 2 saturated carbocycles. The Labute approximate surface area is 207 Å². The maximum absolute atomic E-state index is 12.9. The molecule has 0 aromatic heterocycles. The van der Waals surface area contributed by atoms with Crippen LogP contribution in [-0.2, 0) is 20.7 Å². The molecule has 188 valence electrons. The molecule has 6 heteroatoms. The fourth-order valence-electron chi connectivity index (χ4n) is 5.94. The van der Waals surface area contributed by atoms with Gasteiger partial charge in [0.15, 0.2) is 6.61 Å². The van der Waals surface area contributed by atoms with E-state index in [2.05, 4.69) is 11.7 Å². The van der Waals surface area contributed by atoms with E-state index in [0.29, 0.717) is 12.2 Å². The van der Waals surface area contributed by atoms with E-state index in [-0.39, 0.29) is 36.1 Å². The lowest BCUT2D eigenvalue weighted by atomic mass is 9.61. The van der Waals surface area contributed by atoms with Crippen LogP contribution in [-0.4, -0.2) is 41.8 Å². The van der Waals surface area contributed by atoms with Crippen LogP contribution in [0.1, 0.15) is 74.2 Å². The van der Waals surface area contributed by atoms with Crippen LogP contribution in [0.5, 0.6) is 5.75 Å². The normalized spacial score (nSPS) is 24.0. The molecule has 0 spiro atoms. The van der Waals surface area contributed by atoms with Gasteiger partial charge < -0.3 is 19.7 Å². The summed E-state index contributed by atoms with van der Waals surface area (Å²) in [6.45, 7) is 1.97. The van der Waals surface area contributed by atoms with Gasteiger partial charge in [0, 0.05) is 23.7 Å². The monoisotopic (exact) mass is 480 g/mol. The molecule has 0 radical (unpaired) electrons. The quantitative estimate of drug-likeness (QED) is 0.486. The van der Waals surface area contributed by atoms with Gasteiger partial charge in [-0.05, 0) is 54.5 Å². The van der Waals surface area contributed by atoms with Crippen molar-refractivity contribution >= 4 is 11.8 Å². The van der Waals surface area contributed by atoms with Crippen molar-refractivity contribution in [2.24, 2.45) is 11.3 Å². The molecule has 35 heavy (non-hydrogen) atoms. The second kappa shape index (κ2) is 10.9. The van der Waals surface area contributed by atoms with Gasteiger partial charge in [0.1, 0.15) is 11.5 Å². The first-order chi connectivity index (χ1) is 16.9. The molecule has 0 aliphatic heterocycles. The number of aliphatic hydroxyl groups excluding tert-OH is 2. The lowest BCUT2D eigenvalue weighted by Crippen LogP contribution is -2.36. The summed E-state index contributed by atoms with van der Waals surface area (Å²) in [5, 5.41) is 22.1. The van der Waals surface area contributed by atoms with Crippen molar-refractivity contribution in [1.82, 2.24) is 0 Å². The molecule has 4 unspecified atom stereocenters. The maximum Gasteiger partial charge on any atom is 0.343 e. The molecule has 2 aliphatic carbocycles. The number of aliphatic hydroxyl groups is 2. The molecule has 0 heterocycles. The average molecular weight is 481 g/mol. The first-order valence-corrected chi connectivity index (χ1v) is 12.6. The number of ketones is 1. The molecule has 4 atom stereocenters. The topological polar surface area (TPSA) is 93.1 Å². The van der Waals surface area contributed by atoms with Gasteiger partial charge in [-0.3, -0.25) is 4.79 Å². The molecule has 2 N–H and O–H groups in total. The lowest BCUT2D eigenvalue weighted by Gasteiger charge is -2.46. The predicted molar refractivity (Wildman–Crippen MR) is 132 cm³/mol. The second-order valence-corrected chi connectivity index (χ2v) is 10.1. The number of Topliss-reactive ketones (excluding diaryl/α,β-unsaturated/α-hetero) is 1. The zero-order valence-electron chi connectivity index (χ0n) is 20.6. The zero-order valence-corrected chi connectivity index (χ0v) is 20.6. The Morgan fingerprint density at radius 1 is 1.17 bits per heavy atom. The molecular formula is C29H36O6. The van der Waals surface area contributed by atoms with Gasteiger partial charge in [0.05, 0.1) is 19.3 Å². The molecule has 2 aromatic rings. The van der Waals surface area contributed by atoms with Gasteiger partial charge in [-0.1, -0.05) is 56.2 Å². The van der Waals surface area contributed by atoms with E-state index >= 15 is 0 Å². The SMILES string of the molecule is CCCC1(C(O)c2cccc(C3C(O)CC(=O)C3Cc3cccc(OCC(=O)OC)c3)c2)CCC1. The van der Waals surface area contributed by atoms with Crippen molar-refractivity contribution in [3.63, 3.8) is 0 Å².